The standard InChI is InChI=1S/C8H12O3/c1-11-8(10)6-3-2-4-7(9)5-6/h2,4,6-7,9H,3,5H2,1H3. The fourth-order valence-corrected chi connectivity index (χ4v) is 1.23. The summed E-state index contributed by atoms with van der Waals surface area (Å²) >= 11 is 0. The van der Waals surface area contributed by atoms with E-state index >= 15 is 0 Å². The molecule has 0 aromatic carbocycles. The van der Waals surface area contributed by atoms with Crippen LogP contribution in [0.4, 0.5) is 0 Å². The lowest BCUT2D eigenvalue weighted by atomic mass is 9.93. The molecular formula is C8H12O3. The summed E-state index contributed by atoms with van der Waals surface area (Å²) in [4.78, 5) is 10.9. The zero-order chi connectivity index (χ0) is 8.27. The second kappa shape index (κ2) is 3.53. The first-order valence-electron chi connectivity index (χ1n) is 3.66. The number of hydrogen-bond acceptors (Lipinski definition) is 3. The Hall–Kier alpha value is -0.830. The molecular weight excluding hydrogens is 144 g/mol. The van der Waals surface area contributed by atoms with Gasteiger partial charge < -0.3 is 9.84 Å². The van der Waals surface area contributed by atoms with Crippen molar-refractivity contribution < 1.29 is 14.6 Å². The maximum absolute atomic E-state index is 10.9. The molecule has 11 heavy (non-hydrogen) atoms. The van der Waals surface area contributed by atoms with Crippen LogP contribution in [0.3, 0.4) is 0 Å². The second-order valence-corrected chi connectivity index (χ2v) is 2.69. The zero-order valence-corrected chi connectivity index (χ0v) is 6.49. The molecule has 2 unspecified atom stereocenters. The summed E-state index contributed by atoms with van der Waals surface area (Å²) in [6.07, 6.45) is 4.22. The molecule has 1 aliphatic rings. The van der Waals surface area contributed by atoms with Gasteiger partial charge in [0.2, 0.25) is 0 Å². The molecule has 2 atom stereocenters. The van der Waals surface area contributed by atoms with Crippen LogP contribution in [0.5, 0.6) is 0 Å². The highest BCUT2D eigenvalue weighted by atomic mass is 16.5. The van der Waals surface area contributed by atoms with Gasteiger partial charge in [0, 0.05) is 0 Å². The van der Waals surface area contributed by atoms with Crippen molar-refractivity contribution in [1.82, 2.24) is 0 Å². The molecule has 0 saturated carbocycles. The number of hydrogen-bond donors (Lipinski definition) is 1. The van der Waals surface area contributed by atoms with Gasteiger partial charge in [-0.2, -0.15) is 0 Å². The molecule has 3 nitrogen and oxygen atoms in total. The normalized spacial score (nSPS) is 30.0. The molecule has 0 bridgehead atoms. The Morgan fingerprint density at radius 2 is 2.45 bits per heavy atom. The monoisotopic (exact) mass is 156 g/mol. The number of ether oxygens (including phenoxy) is 1. The number of carbonyl (C=O) groups is 1. The van der Waals surface area contributed by atoms with E-state index in [9.17, 15) is 4.79 Å². The summed E-state index contributed by atoms with van der Waals surface area (Å²) in [7, 11) is 1.37. The van der Waals surface area contributed by atoms with Crippen molar-refractivity contribution in [1.29, 1.82) is 0 Å². The number of methoxy groups -OCH3 is 1. The Labute approximate surface area is 65.7 Å². The van der Waals surface area contributed by atoms with Crippen LogP contribution in [0.15, 0.2) is 12.2 Å². The molecule has 62 valence electrons. The van der Waals surface area contributed by atoms with E-state index < -0.39 is 6.10 Å². The van der Waals surface area contributed by atoms with Crippen molar-refractivity contribution in [3.8, 4) is 0 Å². The number of carbonyl (C=O) groups excluding carboxylic acids is 1. The van der Waals surface area contributed by atoms with Gasteiger partial charge in [-0.05, 0) is 12.8 Å². The average Bonchev–Trinajstić information content (AvgIpc) is 2.03. The Morgan fingerprint density at radius 1 is 1.73 bits per heavy atom. The molecule has 0 saturated heterocycles. The first kappa shape index (κ1) is 8.27. The zero-order valence-electron chi connectivity index (χ0n) is 6.49. The minimum Gasteiger partial charge on any atom is -0.469 e. The van der Waals surface area contributed by atoms with Crippen molar-refractivity contribution >= 4 is 5.97 Å². The third kappa shape index (κ3) is 2.05. The van der Waals surface area contributed by atoms with Gasteiger partial charge in [0.1, 0.15) is 0 Å². The van der Waals surface area contributed by atoms with Gasteiger partial charge in [0.15, 0.2) is 0 Å². The van der Waals surface area contributed by atoms with Crippen molar-refractivity contribution in [2.24, 2.45) is 5.92 Å². The second-order valence-electron chi connectivity index (χ2n) is 2.69. The van der Waals surface area contributed by atoms with Gasteiger partial charge in [0.05, 0.1) is 19.1 Å². The molecule has 0 aliphatic heterocycles. The van der Waals surface area contributed by atoms with Crippen LogP contribution in [0, 0.1) is 5.92 Å². The molecule has 0 heterocycles. The van der Waals surface area contributed by atoms with Crippen molar-refractivity contribution in [3.05, 3.63) is 12.2 Å². The summed E-state index contributed by atoms with van der Waals surface area (Å²) < 4.78 is 4.55. The molecule has 3 heteroatoms. The molecule has 1 N–H and O–H groups in total. The topological polar surface area (TPSA) is 46.5 Å². The van der Waals surface area contributed by atoms with Crippen molar-refractivity contribution in [3.63, 3.8) is 0 Å². The molecule has 0 aromatic rings. The third-order valence-corrected chi connectivity index (χ3v) is 1.84. The van der Waals surface area contributed by atoms with E-state index in [0.29, 0.717) is 12.8 Å². The SMILES string of the molecule is COC(=O)C1CC=CC(O)C1. The Balaban J connectivity index is 2.49. The molecule has 0 radical (unpaired) electrons. The summed E-state index contributed by atoms with van der Waals surface area (Å²) in [6.45, 7) is 0. The van der Waals surface area contributed by atoms with Crippen LogP contribution in [0.2, 0.25) is 0 Å². The predicted octanol–water partition coefficient (Wildman–Crippen LogP) is 0.486. The Morgan fingerprint density at radius 3 is 3.00 bits per heavy atom. The lowest BCUT2D eigenvalue weighted by molar-refractivity contribution is -0.146. The van der Waals surface area contributed by atoms with Gasteiger partial charge in [-0.15, -0.1) is 0 Å². The van der Waals surface area contributed by atoms with Gasteiger partial charge in [0.25, 0.3) is 0 Å². The van der Waals surface area contributed by atoms with Gasteiger partial charge in [-0.25, -0.2) is 0 Å². The smallest absolute Gasteiger partial charge is 0.309 e. The highest BCUT2D eigenvalue weighted by molar-refractivity contribution is 5.72. The molecule has 0 spiro atoms. The molecule has 1 aliphatic carbocycles. The summed E-state index contributed by atoms with van der Waals surface area (Å²) in [5.74, 6) is -0.381. The predicted molar refractivity (Wildman–Crippen MR) is 39.9 cm³/mol. The van der Waals surface area contributed by atoms with Crippen LogP contribution < -0.4 is 0 Å². The van der Waals surface area contributed by atoms with Gasteiger partial charge in [-0.3, -0.25) is 4.79 Å². The largest absolute Gasteiger partial charge is 0.469 e. The van der Waals surface area contributed by atoms with E-state index in [2.05, 4.69) is 4.74 Å². The van der Waals surface area contributed by atoms with Crippen LogP contribution in [0.25, 0.3) is 0 Å². The highest BCUT2D eigenvalue weighted by Gasteiger charge is 2.23. The van der Waals surface area contributed by atoms with Crippen molar-refractivity contribution in [2.45, 2.75) is 18.9 Å². The third-order valence-electron chi connectivity index (χ3n) is 1.84. The molecule has 0 fully saturated rings. The van der Waals surface area contributed by atoms with Crippen LogP contribution >= 0.6 is 0 Å². The maximum atomic E-state index is 10.9. The van der Waals surface area contributed by atoms with Crippen molar-refractivity contribution in [2.75, 3.05) is 7.11 Å². The molecule has 0 amide bonds. The summed E-state index contributed by atoms with van der Waals surface area (Å²) in [6, 6.07) is 0. The first-order chi connectivity index (χ1) is 5.24. The van der Waals surface area contributed by atoms with E-state index in [1.807, 2.05) is 6.08 Å². The lowest BCUT2D eigenvalue weighted by Gasteiger charge is -2.18. The van der Waals surface area contributed by atoms with Crippen LogP contribution in [0.1, 0.15) is 12.8 Å². The average molecular weight is 156 g/mol. The Bertz CT molecular complexity index is 174. The summed E-state index contributed by atoms with van der Waals surface area (Å²) in [5.41, 5.74) is 0. The number of esters is 1. The number of aliphatic hydroxyl groups is 1. The minimum absolute atomic E-state index is 0.153. The number of allylic oxidation sites excluding steroid dienone is 1. The lowest BCUT2D eigenvalue weighted by Crippen LogP contribution is -2.23. The van der Waals surface area contributed by atoms with Crippen LogP contribution in [-0.4, -0.2) is 24.3 Å². The molecule has 1 rings (SSSR count). The Kier molecular flexibility index (Phi) is 2.65. The first-order valence-corrected chi connectivity index (χ1v) is 3.66. The fourth-order valence-electron chi connectivity index (χ4n) is 1.23. The number of aliphatic hydroxyl groups excluding tert-OH is 1. The highest BCUT2D eigenvalue weighted by Crippen LogP contribution is 2.19. The van der Waals surface area contributed by atoms with E-state index in [0.717, 1.165) is 0 Å². The maximum Gasteiger partial charge on any atom is 0.309 e. The van der Waals surface area contributed by atoms with E-state index in [4.69, 9.17) is 5.11 Å². The van der Waals surface area contributed by atoms with Gasteiger partial charge >= 0.3 is 5.97 Å². The fraction of sp³-hybridized carbons (Fsp3) is 0.625. The van der Waals surface area contributed by atoms with E-state index in [1.165, 1.54) is 7.11 Å². The van der Waals surface area contributed by atoms with E-state index in [1.54, 1.807) is 6.08 Å². The van der Waals surface area contributed by atoms with Gasteiger partial charge in [-0.1, -0.05) is 12.2 Å². The number of rotatable bonds is 1. The quantitative estimate of drug-likeness (QED) is 0.444. The minimum atomic E-state index is -0.479. The van der Waals surface area contributed by atoms with Crippen LogP contribution in [-0.2, 0) is 9.53 Å². The van der Waals surface area contributed by atoms with E-state index in [-0.39, 0.29) is 11.9 Å². The summed E-state index contributed by atoms with van der Waals surface area (Å²) in [5, 5.41) is 9.13. The molecule has 0 aromatic heterocycles.